The van der Waals surface area contributed by atoms with Gasteiger partial charge in [-0.1, -0.05) is 47.5 Å². The molecular formula is C34H56O7. The van der Waals surface area contributed by atoms with Crippen molar-refractivity contribution in [2.75, 3.05) is 13.2 Å². The second-order valence-corrected chi connectivity index (χ2v) is 15.2. The standard InChI is InChI=1S/C34H56O7/c1-7-8-9-16-40-22-10-13-31(4)23-11-14-32(5)28(12-15-34(32,39)24(23)18-26(36)25(31)17-22)33(6,38)30(37)29-21(3)20(2)27(19-35)41-29/h18,20-23,25,27-30,35,37-39H,7-17,19H2,1-6H3. The van der Waals surface area contributed by atoms with E-state index in [1.54, 1.807) is 13.0 Å². The molecule has 234 valence electrons. The van der Waals surface area contributed by atoms with E-state index in [2.05, 4.69) is 20.8 Å². The van der Waals surface area contributed by atoms with Gasteiger partial charge in [-0.3, -0.25) is 4.79 Å². The zero-order chi connectivity index (χ0) is 30.0. The third-order valence-corrected chi connectivity index (χ3v) is 13.2. The third kappa shape index (κ3) is 4.80. The molecule has 13 atom stereocenters. The van der Waals surface area contributed by atoms with Crippen LogP contribution in [-0.4, -0.2) is 75.0 Å². The van der Waals surface area contributed by atoms with Crippen LogP contribution in [0.3, 0.4) is 0 Å². The molecule has 1 saturated heterocycles. The highest BCUT2D eigenvalue weighted by Crippen LogP contribution is 2.68. The van der Waals surface area contributed by atoms with E-state index in [1.165, 1.54) is 0 Å². The van der Waals surface area contributed by atoms with Gasteiger partial charge < -0.3 is 29.9 Å². The first-order valence-electron chi connectivity index (χ1n) is 16.5. The molecule has 0 aromatic heterocycles. The topological polar surface area (TPSA) is 116 Å². The summed E-state index contributed by atoms with van der Waals surface area (Å²) in [6.07, 6.45) is 8.40. The Morgan fingerprint density at radius 2 is 1.83 bits per heavy atom. The van der Waals surface area contributed by atoms with Crippen molar-refractivity contribution < 1.29 is 34.7 Å². The third-order valence-electron chi connectivity index (χ3n) is 13.2. The Bertz CT molecular complexity index is 1010. The van der Waals surface area contributed by atoms with Crippen LogP contribution in [0.2, 0.25) is 0 Å². The number of carbonyl (C=O) groups excluding carboxylic acids is 1. The van der Waals surface area contributed by atoms with Crippen molar-refractivity contribution in [3.63, 3.8) is 0 Å². The van der Waals surface area contributed by atoms with Gasteiger partial charge in [-0.2, -0.15) is 0 Å². The van der Waals surface area contributed by atoms with Crippen molar-refractivity contribution in [3.05, 3.63) is 11.6 Å². The number of ketones is 1. The first-order chi connectivity index (χ1) is 19.3. The normalized spacial score (nSPS) is 48.1. The van der Waals surface area contributed by atoms with Crippen molar-refractivity contribution >= 4 is 5.78 Å². The maximum absolute atomic E-state index is 13.8. The number of aliphatic hydroxyl groups excluding tert-OH is 2. The largest absolute Gasteiger partial charge is 0.394 e. The molecule has 5 rings (SSSR count). The summed E-state index contributed by atoms with van der Waals surface area (Å²) >= 11 is 0. The number of hydrogen-bond acceptors (Lipinski definition) is 7. The monoisotopic (exact) mass is 576 g/mol. The Kier molecular flexibility index (Phi) is 8.68. The van der Waals surface area contributed by atoms with Gasteiger partial charge in [-0.15, -0.1) is 0 Å². The Morgan fingerprint density at radius 1 is 1.10 bits per heavy atom. The number of hydrogen-bond donors (Lipinski definition) is 4. The summed E-state index contributed by atoms with van der Waals surface area (Å²) in [6, 6.07) is 0. The first-order valence-corrected chi connectivity index (χ1v) is 16.5. The highest BCUT2D eigenvalue weighted by molar-refractivity contribution is 5.95. The van der Waals surface area contributed by atoms with Crippen LogP contribution >= 0.6 is 0 Å². The molecule has 0 aromatic rings. The van der Waals surface area contributed by atoms with Crippen molar-refractivity contribution in [2.24, 2.45) is 40.4 Å². The predicted octanol–water partition coefficient (Wildman–Crippen LogP) is 4.58. The molecule has 0 amide bonds. The maximum Gasteiger partial charge on any atom is 0.159 e. The fourth-order valence-electron chi connectivity index (χ4n) is 10.2. The molecule has 13 unspecified atom stereocenters. The molecule has 4 fully saturated rings. The molecule has 4 N–H and O–H groups in total. The van der Waals surface area contributed by atoms with Crippen LogP contribution in [0.1, 0.15) is 106 Å². The number of ether oxygens (including phenoxy) is 2. The Labute approximate surface area is 247 Å². The average Bonchev–Trinajstić information content (AvgIpc) is 3.39. The molecule has 7 nitrogen and oxygen atoms in total. The Hall–Kier alpha value is -0.830. The number of aliphatic hydroxyl groups is 4. The van der Waals surface area contributed by atoms with E-state index in [0.29, 0.717) is 12.8 Å². The second kappa shape index (κ2) is 11.3. The molecule has 41 heavy (non-hydrogen) atoms. The van der Waals surface area contributed by atoms with Gasteiger partial charge in [0, 0.05) is 17.9 Å². The highest BCUT2D eigenvalue weighted by Gasteiger charge is 2.69. The van der Waals surface area contributed by atoms with E-state index in [-0.39, 0.29) is 59.6 Å². The lowest BCUT2D eigenvalue weighted by Gasteiger charge is -2.60. The number of carbonyl (C=O) groups is 1. The molecule has 3 saturated carbocycles. The number of unbranched alkanes of at least 4 members (excludes halogenated alkanes) is 2. The molecule has 0 bridgehead atoms. The van der Waals surface area contributed by atoms with Crippen molar-refractivity contribution in [1.82, 2.24) is 0 Å². The van der Waals surface area contributed by atoms with Gasteiger partial charge in [-0.25, -0.2) is 0 Å². The molecule has 5 aliphatic rings. The van der Waals surface area contributed by atoms with Crippen LogP contribution in [0, 0.1) is 40.4 Å². The van der Waals surface area contributed by atoms with Crippen LogP contribution in [-0.2, 0) is 14.3 Å². The Balaban J connectivity index is 1.38. The molecule has 1 aliphatic heterocycles. The summed E-state index contributed by atoms with van der Waals surface area (Å²) in [6.45, 7) is 12.9. The highest BCUT2D eigenvalue weighted by atomic mass is 16.5. The van der Waals surface area contributed by atoms with Crippen molar-refractivity contribution in [1.29, 1.82) is 0 Å². The van der Waals surface area contributed by atoms with E-state index in [0.717, 1.165) is 63.5 Å². The lowest BCUT2D eigenvalue weighted by atomic mass is 9.46. The van der Waals surface area contributed by atoms with Gasteiger partial charge in [0.15, 0.2) is 5.78 Å². The van der Waals surface area contributed by atoms with Crippen LogP contribution < -0.4 is 0 Å². The van der Waals surface area contributed by atoms with Gasteiger partial charge >= 0.3 is 0 Å². The lowest BCUT2D eigenvalue weighted by Crippen LogP contribution is -2.63. The summed E-state index contributed by atoms with van der Waals surface area (Å²) in [5.74, 6) is -0.180. The quantitative estimate of drug-likeness (QED) is 0.297. The molecule has 4 aliphatic carbocycles. The smallest absolute Gasteiger partial charge is 0.159 e. The summed E-state index contributed by atoms with van der Waals surface area (Å²) in [5.41, 5.74) is -2.74. The summed E-state index contributed by atoms with van der Waals surface area (Å²) < 4.78 is 12.3. The number of rotatable bonds is 9. The number of allylic oxidation sites excluding steroid dienone is 1. The van der Waals surface area contributed by atoms with E-state index < -0.39 is 28.8 Å². The van der Waals surface area contributed by atoms with Crippen molar-refractivity contribution in [2.45, 2.75) is 141 Å². The van der Waals surface area contributed by atoms with Gasteiger partial charge in [0.1, 0.15) is 6.10 Å². The molecular weight excluding hydrogens is 520 g/mol. The van der Waals surface area contributed by atoms with E-state index >= 15 is 0 Å². The second-order valence-electron chi connectivity index (χ2n) is 15.2. The zero-order valence-electron chi connectivity index (χ0n) is 26.3. The van der Waals surface area contributed by atoms with Crippen LogP contribution in [0.15, 0.2) is 11.6 Å². The number of fused-ring (bicyclic) bond motifs is 5. The fraction of sp³-hybridized carbons (Fsp3) is 0.912. The summed E-state index contributed by atoms with van der Waals surface area (Å²) in [4.78, 5) is 13.8. The molecule has 0 aromatic carbocycles. The molecule has 0 spiro atoms. The van der Waals surface area contributed by atoms with Crippen LogP contribution in [0.4, 0.5) is 0 Å². The average molecular weight is 577 g/mol. The van der Waals surface area contributed by atoms with Gasteiger partial charge in [-0.05, 0) is 99.0 Å². The van der Waals surface area contributed by atoms with Crippen LogP contribution in [0.5, 0.6) is 0 Å². The fourth-order valence-corrected chi connectivity index (χ4v) is 10.2. The van der Waals surface area contributed by atoms with Gasteiger partial charge in [0.25, 0.3) is 0 Å². The molecule has 0 radical (unpaired) electrons. The maximum atomic E-state index is 13.8. The van der Waals surface area contributed by atoms with Gasteiger partial charge in [0.05, 0.1) is 36.1 Å². The van der Waals surface area contributed by atoms with E-state index in [4.69, 9.17) is 9.47 Å². The summed E-state index contributed by atoms with van der Waals surface area (Å²) in [7, 11) is 0. The molecule has 7 heteroatoms. The Morgan fingerprint density at radius 3 is 2.49 bits per heavy atom. The summed E-state index contributed by atoms with van der Waals surface area (Å²) in [5, 5.41) is 46.0. The van der Waals surface area contributed by atoms with E-state index in [9.17, 15) is 25.2 Å². The van der Waals surface area contributed by atoms with Crippen LogP contribution in [0.25, 0.3) is 0 Å². The van der Waals surface area contributed by atoms with E-state index in [1.807, 2.05) is 13.8 Å². The minimum atomic E-state index is -1.51. The minimum Gasteiger partial charge on any atom is -0.394 e. The van der Waals surface area contributed by atoms with Crippen molar-refractivity contribution in [3.8, 4) is 0 Å². The SMILES string of the molecule is CCCCCOC1CCC2(C)C(C1)C(=O)C=C1C2CCC2(C)C(C(C)(O)C(O)C3OC(CO)C(C)C3C)CCC12O. The van der Waals surface area contributed by atoms with Gasteiger partial charge in [0.2, 0.25) is 0 Å². The predicted molar refractivity (Wildman–Crippen MR) is 157 cm³/mol. The minimum absolute atomic E-state index is 0.0289. The first kappa shape index (κ1) is 31.6. The zero-order valence-corrected chi connectivity index (χ0v) is 26.3. The molecule has 1 heterocycles. The lowest BCUT2D eigenvalue weighted by molar-refractivity contribution is -0.197.